The molecule has 0 aliphatic carbocycles. The van der Waals surface area contributed by atoms with Gasteiger partial charge in [0.1, 0.15) is 6.10 Å². The van der Waals surface area contributed by atoms with E-state index in [1.165, 1.54) is 19.2 Å². The molecular weight excluding hydrogens is 280 g/mol. The third kappa shape index (κ3) is 3.56. The van der Waals surface area contributed by atoms with E-state index in [4.69, 9.17) is 4.74 Å². The summed E-state index contributed by atoms with van der Waals surface area (Å²) in [6.45, 7) is 0.993. The molecule has 2 rings (SSSR count). The van der Waals surface area contributed by atoms with Crippen LogP contribution in [0, 0.1) is 0 Å². The van der Waals surface area contributed by atoms with E-state index < -0.39 is 10.0 Å². The van der Waals surface area contributed by atoms with Crippen molar-refractivity contribution in [3.05, 3.63) is 29.8 Å². The maximum Gasteiger partial charge on any atom is 0.249 e. The fourth-order valence-corrected chi connectivity index (χ4v) is 2.72. The summed E-state index contributed by atoms with van der Waals surface area (Å²) < 4.78 is 30.6. The van der Waals surface area contributed by atoms with Gasteiger partial charge < -0.3 is 10.1 Å². The number of carbonyl (C=O) groups is 1. The van der Waals surface area contributed by atoms with Crippen molar-refractivity contribution >= 4 is 15.9 Å². The molecule has 1 aromatic carbocycles. The van der Waals surface area contributed by atoms with Crippen LogP contribution in [-0.2, 0) is 26.1 Å². The maximum atomic E-state index is 11.7. The van der Waals surface area contributed by atoms with Crippen LogP contribution < -0.4 is 10.0 Å². The SMILES string of the molecule is CNS(=O)(=O)c1ccc(CNC(=O)[C@@H]2CCCO2)cc1. The Kier molecular flexibility index (Phi) is 4.74. The molecule has 1 fully saturated rings. The van der Waals surface area contributed by atoms with Crippen molar-refractivity contribution in [2.45, 2.75) is 30.4 Å². The van der Waals surface area contributed by atoms with E-state index in [-0.39, 0.29) is 16.9 Å². The lowest BCUT2D eigenvalue weighted by Gasteiger charge is -2.10. The first-order valence-corrected chi connectivity index (χ1v) is 7.93. The van der Waals surface area contributed by atoms with E-state index in [1.54, 1.807) is 12.1 Å². The van der Waals surface area contributed by atoms with Gasteiger partial charge in [-0.15, -0.1) is 0 Å². The van der Waals surface area contributed by atoms with Crippen LogP contribution in [0.2, 0.25) is 0 Å². The number of ether oxygens (including phenoxy) is 1. The minimum Gasteiger partial charge on any atom is -0.368 e. The Labute approximate surface area is 118 Å². The number of carbonyl (C=O) groups excluding carboxylic acids is 1. The summed E-state index contributed by atoms with van der Waals surface area (Å²) in [7, 11) is -2.05. The second kappa shape index (κ2) is 6.34. The second-order valence-electron chi connectivity index (χ2n) is 4.57. The summed E-state index contributed by atoms with van der Waals surface area (Å²) in [6.07, 6.45) is 1.32. The molecule has 1 aliphatic heterocycles. The normalized spacial score (nSPS) is 18.9. The molecule has 2 N–H and O–H groups in total. The predicted molar refractivity (Wildman–Crippen MR) is 73.5 cm³/mol. The molecule has 1 heterocycles. The van der Waals surface area contributed by atoms with Crippen molar-refractivity contribution in [2.24, 2.45) is 0 Å². The van der Waals surface area contributed by atoms with E-state index in [0.29, 0.717) is 13.2 Å². The number of rotatable bonds is 5. The van der Waals surface area contributed by atoms with Gasteiger partial charge in [0, 0.05) is 13.2 Å². The smallest absolute Gasteiger partial charge is 0.249 e. The van der Waals surface area contributed by atoms with E-state index in [9.17, 15) is 13.2 Å². The highest BCUT2D eigenvalue weighted by Gasteiger charge is 2.23. The van der Waals surface area contributed by atoms with Gasteiger partial charge in [-0.25, -0.2) is 13.1 Å². The summed E-state index contributed by atoms with van der Waals surface area (Å²) in [5.41, 5.74) is 0.839. The Balaban J connectivity index is 1.92. The number of sulfonamides is 1. The lowest BCUT2D eigenvalue weighted by molar-refractivity contribution is -0.130. The number of nitrogens with one attached hydrogen (secondary N) is 2. The monoisotopic (exact) mass is 298 g/mol. The third-order valence-corrected chi connectivity index (χ3v) is 4.62. The zero-order chi connectivity index (χ0) is 14.6. The van der Waals surface area contributed by atoms with Gasteiger partial charge in [-0.05, 0) is 37.6 Å². The highest BCUT2D eigenvalue weighted by Crippen LogP contribution is 2.13. The van der Waals surface area contributed by atoms with Crippen LogP contribution >= 0.6 is 0 Å². The molecule has 0 spiro atoms. The molecule has 0 unspecified atom stereocenters. The molecule has 0 bridgehead atoms. The van der Waals surface area contributed by atoms with Crippen molar-refractivity contribution < 1.29 is 17.9 Å². The standard InChI is InChI=1S/C13H18N2O4S/c1-14-20(17,18)11-6-4-10(5-7-11)9-15-13(16)12-3-2-8-19-12/h4-7,12,14H,2-3,8-9H2,1H3,(H,15,16)/t12-/m0/s1. The summed E-state index contributed by atoms with van der Waals surface area (Å²) in [4.78, 5) is 12.0. The van der Waals surface area contributed by atoms with Crippen molar-refractivity contribution in [2.75, 3.05) is 13.7 Å². The van der Waals surface area contributed by atoms with Gasteiger partial charge in [-0.1, -0.05) is 12.1 Å². The lowest BCUT2D eigenvalue weighted by Crippen LogP contribution is -2.33. The topological polar surface area (TPSA) is 84.5 Å². The average molecular weight is 298 g/mol. The Hall–Kier alpha value is -1.44. The molecule has 1 amide bonds. The zero-order valence-corrected chi connectivity index (χ0v) is 12.1. The van der Waals surface area contributed by atoms with Crippen molar-refractivity contribution in [3.63, 3.8) is 0 Å². The molecule has 6 nitrogen and oxygen atoms in total. The molecule has 1 aliphatic rings. The third-order valence-electron chi connectivity index (χ3n) is 3.19. The van der Waals surface area contributed by atoms with Crippen LogP contribution in [0.25, 0.3) is 0 Å². The molecule has 110 valence electrons. The Morgan fingerprint density at radius 1 is 1.35 bits per heavy atom. The molecular formula is C13H18N2O4S. The first kappa shape index (κ1) is 15.0. The summed E-state index contributed by atoms with van der Waals surface area (Å²) >= 11 is 0. The quantitative estimate of drug-likeness (QED) is 0.823. The molecule has 7 heteroatoms. The van der Waals surface area contributed by atoms with Gasteiger partial charge in [-0.2, -0.15) is 0 Å². The van der Waals surface area contributed by atoms with Crippen LogP contribution in [-0.4, -0.2) is 34.1 Å². The Bertz CT molecular complexity index is 563. The molecule has 1 atom stereocenters. The summed E-state index contributed by atoms with van der Waals surface area (Å²) in [5, 5.41) is 2.78. The van der Waals surface area contributed by atoms with Crippen LogP contribution in [0.1, 0.15) is 18.4 Å². The van der Waals surface area contributed by atoms with Crippen molar-refractivity contribution in [1.29, 1.82) is 0 Å². The van der Waals surface area contributed by atoms with Crippen molar-refractivity contribution in [1.82, 2.24) is 10.0 Å². The molecule has 0 radical (unpaired) electrons. The fourth-order valence-electron chi connectivity index (χ4n) is 1.99. The highest BCUT2D eigenvalue weighted by atomic mass is 32.2. The molecule has 1 aromatic rings. The lowest BCUT2D eigenvalue weighted by atomic mass is 10.2. The summed E-state index contributed by atoms with van der Waals surface area (Å²) in [6, 6.07) is 6.39. The Morgan fingerprint density at radius 3 is 2.60 bits per heavy atom. The van der Waals surface area contributed by atoms with E-state index >= 15 is 0 Å². The number of benzene rings is 1. The fraction of sp³-hybridized carbons (Fsp3) is 0.462. The molecule has 1 saturated heterocycles. The molecule has 20 heavy (non-hydrogen) atoms. The number of hydrogen-bond donors (Lipinski definition) is 2. The van der Waals surface area contributed by atoms with Crippen LogP contribution in [0.15, 0.2) is 29.2 Å². The van der Waals surface area contributed by atoms with Gasteiger partial charge in [0.15, 0.2) is 0 Å². The van der Waals surface area contributed by atoms with E-state index in [1.807, 2.05) is 0 Å². The minimum absolute atomic E-state index is 0.116. The van der Waals surface area contributed by atoms with Gasteiger partial charge in [-0.3, -0.25) is 4.79 Å². The van der Waals surface area contributed by atoms with Crippen LogP contribution in [0.4, 0.5) is 0 Å². The van der Waals surface area contributed by atoms with Gasteiger partial charge in [0.05, 0.1) is 4.90 Å². The number of hydrogen-bond acceptors (Lipinski definition) is 4. The molecule has 0 saturated carbocycles. The Morgan fingerprint density at radius 2 is 2.05 bits per heavy atom. The molecule has 0 aromatic heterocycles. The maximum absolute atomic E-state index is 11.7. The first-order valence-electron chi connectivity index (χ1n) is 6.45. The minimum atomic E-state index is -3.42. The predicted octanol–water partition coefficient (Wildman–Crippen LogP) is 0.390. The highest BCUT2D eigenvalue weighted by molar-refractivity contribution is 7.89. The van der Waals surface area contributed by atoms with Crippen LogP contribution in [0.3, 0.4) is 0 Å². The van der Waals surface area contributed by atoms with Gasteiger partial charge in [0.2, 0.25) is 15.9 Å². The number of amides is 1. The van der Waals surface area contributed by atoms with Crippen LogP contribution in [0.5, 0.6) is 0 Å². The second-order valence-corrected chi connectivity index (χ2v) is 6.46. The van der Waals surface area contributed by atoms with Crippen molar-refractivity contribution in [3.8, 4) is 0 Å². The summed E-state index contributed by atoms with van der Waals surface area (Å²) in [5.74, 6) is -0.116. The van der Waals surface area contributed by atoms with Gasteiger partial charge in [0.25, 0.3) is 0 Å². The largest absolute Gasteiger partial charge is 0.368 e. The first-order chi connectivity index (χ1) is 9.53. The average Bonchev–Trinajstić information content (AvgIpc) is 2.99. The van der Waals surface area contributed by atoms with E-state index in [2.05, 4.69) is 10.0 Å². The zero-order valence-electron chi connectivity index (χ0n) is 11.3. The van der Waals surface area contributed by atoms with E-state index in [0.717, 1.165) is 18.4 Å². The van der Waals surface area contributed by atoms with Gasteiger partial charge >= 0.3 is 0 Å².